The van der Waals surface area contributed by atoms with Gasteiger partial charge in [0.25, 0.3) is 0 Å². The Labute approximate surface area is 232 Å². The Morgan fingerprint density at radius 1 is 0.579 bits per heavy atom. The van der Waals surface area contributed by atoms with Gasteiger partial charge in [-0.15, -0.1) is 0 Å². The van der Waals surface area contributed by atoms with E-state index in [1.165, 1.54) is 0 Å². The van der Waals surface area contributed by atoms with Gasteiger partial charge in [0.1, 0.15) is 0 Å². The maximum absolute atomic E-state index is 13.6. The van der Waals surface area contributed by atoms with Crippen molar-refractivity contribution in [3.05, 3.63) is 0 Å². The van der Waals surface area contributed by atoms with Gasteiger partial charge < -0.3 is 30.4 Å². The van der Waals surface area contributed by atoms with Crippen LogP contribution in [0.3, 0.4) is 0 Å². The highest BCUT2D eigenvalue weighted by Gasteiger charge is 2.57. The Hall–Kier alpha value is -1.22. The van der Waals surface area contributed by atoms with Crippen LogP contribution in [0.15, 0.2) is 0 Å². The number of nitrogens with two attached hydrogens (primary N) is 2. The van der Waals surface area contributed by atoms with E-state index in [0.29, 0.717) is 78.2 Å². The van der Waals surface area contributed by atoms with Crippen LogP contribution in [0.2, 0.25) is 0 Å². The third-order valence-electron chi connectivity index (χ3n) is 7.27. The lowest BCUT2D eigenvalue weighted by molar-refractivity contribution is -0.197. The number of amides is 2. The van der Waals surface area contributed by atoms with Crippen LogP contribution < -0.4 is 11.5 Å². The van der Waals surface area contributed by atoms with Crippen LogP contribution >= 0.6 is 0 Å². The summed E-state index contributed by atoms with van der Waals surface area (Å²) in [4.78, 5) is 27.2. The second-order valence-corrected chi connectivity index (χ2v) is 12.9. The number of primary amides is 2. The molecule has 1 aliphatic heterocycles. The lowest BCUT2D eigenvalue weighted by Gasteiger charge is -2.50. The van der Waals surface area contributed by atoms with Crippen molar-refractivity contribution in [2.45, 2.75) is 106 Å². The molecule has 1 fully saturated rings. The van der Waals surface area contributed by atoms with E-state index in [-0.39, 0.29) is 23.7 Å². The Kier molecular flexibility index (Phi) is 15.4. The molecule has 224 valence electrons. The zero-order valence-corrected chi connectivity index (χ0v) is 25.6. The molecule has 2 atom stereocenters. The Bertz CT molecular complexity index is 616. The highest BCUT2D eigenvalue weighted by atomic mass is 16.6. The smallest absolute Gasteiger partial charge is 0.226 e. The van der Waals surface area contributed by atoms with Crippen LogP contribution in [0.4, 0.5) is 0 Å². The molecule has 2 amide bonds. The molecule has 4 N–H and O–H groups in total. The minimum Gasteiger partial charge on any atom is -0.379 e. The molecule has 0 radical (unpaired) electrons. The quantitative estimate of drug-likeness (QED) is 0.368. The molecule has 1 rings (SSSR count). The molecule has 1 saturated heterocycles. The summed E-state index contributed by atoms with van der Waals surface area (Å²) in [6.07, 6.45) is 1.92. The summed E-state index contributed by atoms with van der Waals surface area (Å²) in [7, 11) is 0. The first kappa shape index (κ1) is 34.8. The summed E-state index contributed by atoms with van der Waals surface area (Å²) in [6, 6.07) is 0. The van der Waals surface area contributed by atoms with Crippen LogP contribution in [0.25, 0.3) is 0 Å². The van der Waals surface area contributed by atoms with Crippen molar-refractivity contribution < 1.29 is 28.5 Å². The van der Waals surface area contributed by atoms with E-state index < -0.39 is 34.9 Å². The third kappa shape index (κ3) is 10.4. The van der Waals surface area contributed by atoms with E-state index in [1.54, 1.807) is 0 Å². The predicted octanol–water partition coefficient (Wildman–Crippen LogP) is 4.71. The molecule has 0 aromatic heterocycles. The number of hydrogen-bond acceptors (Lipinski definition) is 6. The van der Waals surface area contributed by atoms with Gasteiger partial charge in [0.2, 0.25) is 11.8 Å². The average molecular weight is 543 g/mol. The fourth-order valence-electron chi connectivity index (χ4n) is 6.37. The SMILES string of the molecule is CC(C)CC(CC(C)C)(C(N)=O)[C@@H]1OCCCOCCOCCCO[C@H]1C(CC(C)C)(CC(C)C)C(N)=O. The van der Waals surface area contributed by atoms with Gasteiger partial charge in [0.15, 0.2) is 0 Å². The number of rotatable bonds is 12. The summed E-state index contributed by atoms with van der Waals surface area (Å²) in [6.45, 7) is 19.5. The number of carbonyl (C=O) groups excluding carboxylic acids is 2. The molecule has 0 spiro atoms. The standard InChI is InChI=1S/C30H58N2O6/c1-21(2)17-29(27(31)33,18-22(3)4)25-26(30(28(32)34,19-23(5)6)20-24(7)8)38-14-10-12-36-16-15-35-11-9-13-37-25/h21-26H,9-20H2,1-8H3,(H2,31,33)(H2,32,34)/t25-,26-/m1/s1. The van der Waals surface area contributed by atoms with Gasteiger partial charge in [-0.1, -0.05) is 55.4 Å². The minimum absolute atomic E-state index is 0.175. The Morgan fingerprint density at radius 3 is 1.11 bits per heavy atom. The van der Waals surface area contributed by atoms with E-state index >= 15 is 0 Å². The van der Waals surface area contributed by atoms with Crippen LogP contribution in [-0.4, -0.2) is 63.7 Å². The van der Waals surface area contributed by atoms with Crippen molar-refractivity contribution in [3.63, 3.8) is 0 Å². The minimum atomic E-state index is -1.03. The normalized spacial score (nSPS) is 21.7. The van der Waals surface area contributed by atoms with Crippen LogP contribution in [0.1, 0.15) is 93.9 Å². The first-order chi connectivity index (χ1) is 17.8. The van der Waals surface area contributed by atoms with Gasteiger partial charge >= 0.3 is 0 Å². The van der Waals surface area contributed by atoms with E-state index in [9.17, 15) is 9.59 Å². The molecule has 1 heterocycles. The van der Waals surface area contributed by atoms with Crippen molar-refractivity contribution in [2.24, 2.45) is 46.0 Å². The predicted molar refractivity (Wildman–Crippen MR) is 151 cm³/mol. The highest BCUT2D eigenvalue weighted by Crippen LogP contribution is 2.48. The maximum atomic E-state index is 13.6. The van der Waals surface area contributed by atoms with Gasteiger partial charge in [0.05, 0.1) is 36.3 Å². The molecular weight excluding hydrogens is 484 g/mol. The summed E-state index contributed by atoms with van der Waals surface area (Å²) >= 11 is 0. The van der Waals surface area contributed by atoms with E-state index in [4.69, 9.17) is 30.4 Å². The number of hydrogen-bond donors (Lipinski definition) is 2. The largest absolute Gasteiger partial charge is 0.379 e. The van der Waals surface area contributed by atoms with Crippen molar-refractivity contribution >= 4 is 11.8 Å². The highest BCUT2D eigenvalue weighted by molar-refractivity contribution is 5.84. The fourth-order valence-corrected chi connectivity index (χ4v) is 6.37. The summed E-state index contributed by atoms with van der Waals surface area (Å²) in [5.41, 5.74) is 10.6. The van der Waals surface area contributed by atoms with Crippen molar-refractivity contribution in [1.82, 2.24) is 0 Å². The van der Waals surface area contributed by atoms with E-state index in [2.05, 4.69) is 55.4 Å². The third-order valence-corrected chi connectivity index (χ3v) is 7.27. The molecule has 0 aromatic rings. The molecule has 0 unspecified atom stereocenters. The molecule has 0 aromatic carbocycles. The second-order valence-electron chi connectivity index (χ2n) is 12.9. The van der Waals surface area contributed by atoms with E-state index in [0.717, 1.165) is 0 Å². The second kappa shape index (κ2) is 16.8. The van der Waals surface area contributed by atoms with E-state index in [1.807, 2.05) is 0 Å². The lowest BCUT2D eigenvalue weighted by atomic mass is 9.60. The van der Waals surface area contributed by atoms with Gasteiger partial charge in [-0.3, -0.25) is 9.59 Å². The molecule has 38 heavy (non-hydrogen) atoms. The van der Waals surface area contributed by atoms with Crippen LogP contribution in [-0.2, 0) is 28.5 Å². The summed E-state index contributed by atoms with van der Waals surface area (Å²) < 4.78 is 24.8. The van der Waals surface area contributed by atoms with Crippen molar-refractivity contribution in [3.8, 4) is 0 Å². The molecule has 8 nitrogen and oxygen atoms in total. The summed E-state index contributed by atoms with van der Waals surface area (Å²) in [5.74, 6) is -0.123. The first-order valence-electron chi connectivity index (χ1n) is 14.8. The molecule has 1 aliphatic rings. The molecule has 0 bridgehead atoms. The zero-order chi connectivity index (χ0) is 28.9. The summed E-state index contributed by atoms with van der Waals surface area (Å²) in [5, 5.41) is 0. The van der Waals surface area contributed by atoms with Gasteiger partial charge in [-0.25, -0.2) is 0 Å². The fraction of sp³-hybridized carbons (Fsp3) is 0.933. The first-order valence-corrected chi connectivity index (χ1v) is 14.8. The zero-order valence-electron chi connectivity index (χ0n) is 25.6. The molecule has 0 saturated carbocycles. The number of carbonyl (C=O) groups is 2. The number of ether oxygens (including phenoxy) is 4. The maximum Gasteiger partial charge on any atom is 0.226 e. The van der Waals surface area contributed by atoms with Crippen LogP contribution in [0, 0.1) is 34.5 Å². The monoisotopic (exact) mass is 542 g/mol. The van der Waals surface area contributed by atoms with Crippen molar-refractivity contribution in [1.29, 1.82) is 0 Å². The molecule has 8 heteroatoms. The Morgan fingerprint density at radius 2 is 0.868 bits per heavy atom. The topological polar surface area (TPSA) is 123 Å². The van der Waals surface area contributed by atoms with Gasteiger partial charge in [0, 0.05) is 26.4 Å². The molecular formula is C30H58N2O6. The van der Waals surface area contributed by atoms with Crippen LogP contribution in [0.5, 0.6) is 0 Å². The Balaban J connectivity index is 3.88. The lowest BCUT2D eigenvalue weighted by Crippen LogP contribution is -2.62. The van der Waals surface area contributed by atoms with Gasteiger partial charge in [-0.2, -0.15) is 0 Å². The molecule has 0 aliphatic carbocycles. The van der Waals surface area contributed by atoms with Crippen molar-refractivity contribution in [2.75, 3.05) is 39.6 Å². The average Bonchev–Trinajstić information content (AvgIpc) is 2.77. The van der Waals surface area contributed by atoms with Gasteiger partial charge in [-0.05, 0) is 62.2 Å².